The van der Waals surface area contributed by atoms with Crippen molar-refractivity contribution < 1.29 is 27.2 Å². The molecule has 0 radical (unpaired) electrons. The highest BCUT2D eigenvalue weighted by Gasteiger charge is 2.25. The number of methoxy groups -OCH3 is 1. The van der Waals surface area contributed by atoms with E-state index in [9.17, 15) is 13.2 Å². The first-order valence-electron chi connectivity index (χ1n) is 8.17. The second-order valence-corrected chi connectivity index (χ2v) is 7.69. The molecule has 0 unspecified atom stereocenters. The number of benzene rings is 2. The summed E-state index contributed by atoms with van der Waals surface area (Å²) >= 11 is 0. The summed E-state index contributed by atoms with van der Waals surface area (Å²) in [5.41, 5.74) is 3.54. The number of hydrogen-bond donors (Lipinski definition) is 1. The van der Waals surface area contributed by atoms with Gasteiger partial charge in [0.05, 0.1) is 7.11 Å². The number of rotatable bonds is 6. The Hall–Kier alpha value is -2.80. The van der Waals surface area contributed by atoms with Gasteiger partial charge in [0.2, 0.25) is 0 Å². The van der Waals surface area contributed by atoms with Gasteiger partial charge in [0.25, 0.3) is 0 Å². The third-order valence-electron chi connectivity index (χ3n) is 4.35. The molecule has 2 aromatic rings. The van der Waals surface area contributed by atoms with Crippen LogP contribution in [-0.4, -0.2) is 26.6 Å². The van der Waals surface area contributed by atoms with E-state index < -0.39 is 16.1 Å². The van der Waals surface area contributed by atoms with Gasteiger partial charge >= 0.3 is 16.1 Å². The average Bonchev–Trinajstić information content (AvgIpc) is 2.58. The van der Waals surface area contributed by atoms with E-state index in [0.717, 1.165) is 17.2 Å². The number of carboxylic acids is 1. The standard InChI is InChI=1S/C20H22O6S/c1-12-10-13(2)15(4)20(14(12)3)27(23,24)26-17-8-6-16(7-9-19(21)22)11-18(17)25-5/h6-11H,1-5H3,(H,21,22). The first-order valence-corrected chi connectivity index (χ1v) is 9.58. The van der Waals surface area contributed by atoms with Crippen molar-refractivity contribution in [1.82, 2.24) is 0 Å². The van der Waals surface area contributed by atoms with E-state index in [0.29, 0.717) is 16.7 Å². The van der Waals surface area contributed by atoms with Gasteiger partial charge in [0, 0.05) is 6.08 Å². The molecule has 0 saturated heterocycles. The van der Waals surface area contributed by atoms with Crippen LogP contribution in [0.5, 0.6) is 11.5 Å². The van der Waals surface area contributed by atoms with Gasteiger partial charge in [-0.05, 0) is 73.7 Å². The van der Waals surface area contributed by atoms with Crippen molar-refractivity contribution in [3.05, 3.63) is 58.2 Å². The Bertz CT molecular complexity index is 993. The molecule has 0 aliphatic rings. The summed E-state index contributed by atoms with van der Waals surface area (Å²) in [5, 5.41) is 8.71. The van der Waals surface area contributed by atoms with Gasteiger partial charge in [-0.15, -0.1) is 0 Å². The fourth-order valence-corrected chi connectivity index (χ4v) is 4.27. The Morgan fingerprint density at radius 1 is 1.00 bits per heavy atom. The van der Waals surface area contributed by atoms with E-state index in [1.807, 2.05) is 19.9 Å². The number of ether oxygens (including phenoxy) is 1. The molecule has 0 aromatic heterocycles. The quantitative estimate of drug-likeness (QED) is 0.596. The van der Waals surface area contributed by atoms with Crippen LogP contribution in [0.2, 0.25) is 0 Å². The summed E-state index contributed by atoms with van der Waals surface area (Å²) in [6, 6.07) is 6.43. The van der Waals surface area contributed by atoms with Crippen molar-refractivity contribution in [2.45, 2.75) is 32.6 Å². The SMILES string of the molecule is COc1cc(C=CC(=O)O)ccc1OS(=O)(=O)c1c(C)c(C)cc(C)c1C. The zero-order valence-corrected chi connectivity index (χ0v) is 16.7. The van der Waals surface area contributed by atoms with E-state index in [4.69, 9.17) is 14.0 Å². The smallest absolute Gasteiger partial charge is 0.339 e. The molecule has 27 heavy (non-hydrogen) atoms. The molecule has 7 heteroatoms. The molecule has 0 atom stereocenters. The molecule has 0 fully saturated rings. The van der Waals surface area contributed by atoms with Crippen molar-refractivity contribution in [2.75, 3.05) is 7.11 Å². The maximum Gasteiger partial charge on any atom is 0.339 e. The number of carbonyl (C=O) groups is 1. The van der Waals surface area contributed by atoms with Gasteiger partial charge in [-0.2, -0.15) is 8.42 Å². The molecular weight excluding hydrogens is 368 g/mol. The van der Waals surface area contributed by atoms with Crippen molar-refractivity contribution in [2.24, 2.45) is 0 Å². The molecule has 144 valence electrons. The molecular formula is C20H22O6S. The minimum Gasteiger partial charge on any atom is -0.493 e. The first-order chi connectivity index (χ1) is 12.6. The van der Waals surface area contributed by atoms with Crippen LogP contribution >= 0.6 is 0 Å². The van der Waals surface area contributed by atoms with Gasteiger partial charge in [-0.1, -0.05) is 12.1 Å². The van der Waals surface area contributed by atoms with Gasteiger partial charge < -0.3 is 14.0 Å². The highest BCUT2D eigenvalue weighted by atomic mass is 32.2. The molecule has 2 rings (SSSR count). The predicted molar refractivity (Wildman–Crippen MR) is 103 cm³/mol. The lowest BCUT2D eigenvalue weighted by Crippen LogP contribution is -2.15. The zero-order valence-electron chi connectivity index (χ0n) is 15.9. The topological polar surface area (TPSA) is 89.9 Å². The molecule has 0 heterocycles. The van der Waals surface area contributed by atoms with E-state index in [-0.39, 0.29) is 16.4 Å². The maximum atomic E-state index is 12.9. The molecule has 0 bridgehead atoms. The van der Waals surface area contributed by atoms with Crippen molar-refractivity contribution in [3.63, 3.8) is 0 Å². The minimum absolute atomic E-state index is 0.0305. The summed E-state index contributed by atoms with van der Waals surface area (Å²) < 4.78 is 36.5. The van der Waals surface area contributed by atoms with Crippen LogP contribution in [0.3, 0.4) is 0 Å². The fraction of sp³-hybridized carbons (Fsp3) is 0.250. The van der Waals surface area contributed by atoms with Crippen LogP contribution in [0.15, 0.2) is 35.2 Å². The second-order valence-electron chi connectivity index (χ2n) is 6.21. The number of carboxylic acid groups (broad SMARTS) is 1. The number of aliphatic carboxylic acids is 1. The fourth-order valence-electron chi connectivity index (χ4n) is 2.74. The molecule has 6 nitrogen and oxygen atoms in total. The molecule has 2 aromatic carbocycles. The number of aryl methyl sites for hydroxylation is 2. The zero-order chi connectivity index (χ0) is 20.4. The lowest BCUT2D eigenvalue weighted by molar-refractivity contribution is -0.131. The highest BCUT2D eigenvalue weighted by Crippen LogP contribution is 2.34. The summed E-state index contributed by atoms with van der Waals surface area (Å²) in [6.07, 6.45) is 2.36. The normalized spacial score (nSPS) is 11.6. The Morgan fingerprint density at radius 2 is 1.59 bits per heavy atom. The van der Waals surface area contributed by atoms with Gasteiger partial charge in [0.1, 0.15) is 4.90 Å². The Kier molecular flexibility index (Phi) is 5.95. The predicted octanol–water partition coefficient (Wildman–Crippen LogP) is 3.79. The van der Waals surface area contributed by atoms with Crippen molar-refractivity contribution in [3.8, 4) is 11.5 Å². The van der Waals surface area contributed by atoms with E-state index in [1.165, 1.54) is 25.3 Å². The van der Waals surface area contributed by atoms with Crippen LogP contribution in [0, 0.1) is 27.7 Å². The van der Waals surface area contributed by atoms with Crippen LogP contribution in [0.1, 0.15) is 27.8 Å². The lowest BCUT2D eigenvalue weighted by atomic mass is 10.0. The molecule has 1 N–H and O–H groups in total. The van der Waals surface area contributed by atoms with Crippen LogP contribution in [0.4, 0.5) is 0 Å². The second kappa shape index (κ2) is 7.84. The molecule has 0 saturated carbocycles. The highest BCUT2D eigenvalue weighted by molar-refractivity contribution is 7.87. The van der Waals surface area contributed by atoms with Crippen molar-refractivity contribution in [1.29, 1.82) is 0 Å². The third kappa shape index (κ3) is 4.49. The van der Waals surface area contributed by atoms with Crippen molar-refractivity contribution >= 4 is 22.2 Å². The van der Waals surface area contributed by atoms with Gasteiger partial charge in [0.15, 0.2) is 11.5 Å². The third-order valence-corrected chi connectivity index (χ3v) is 5.86. The minimum atomic E-state index is -4.08. The van der Waals surface area contributed by atoms with Gasteiger partial charge in [-0.3, -0.25) is 0 Å². The largest absolute Gasteiger partial charge is 0.493 e. The van der Waals surface area contributed by atoms with Crippen LogP contribution in [0.25, 0.3) is 6.08 Å². The van der Waals surface area contributed by atoms with E-state index >= 15 is 0 Å². The summed E-state index contributed by atoms with van der Waals surface area (Å²) in [5.74, 6) is -0.869. The summed E-state index contributed by atoms with van der Waals surface area (Å²) in [6.45, 7) is 7.19. The first kappa shape index (κ1) is 20.5. The van der Waals surface area contributed by atoms with Crippen LogP contribution in [-0.2, 0) is 14.9 Å². The Labute approximate surface area is 159 Å². The number of hydrogen-bond acceptors (Lipinski definition) is 5. The van der Waals surface area contributed by atoms with Crippen LogP contribution < -0.4 is 8.92 Å². The maximum absolute atomic E-state index is 12.9. The van der Waals surface area contributed by atoms with E-state index in [1.54, 1.807) is 19.9 Å². The summed E-state index contributed by atoms with van der Waals surface area (Å²) in [7, 11) is -2.70. The Morgan fingerprint density at radius 3 is 2.11 bits per heavy atom. The molecule has 0 spiro atoms. The lowest BCUT2D eigenvalue weighted by Gasteiger charge is -2.17. The van der Waals surface area contributed by atoms with Gasteiger partial charge in [-0.25, -0.2) is 4.79 Å². The van der Waals surface area contributed by atoms with E-state index in [2.05, 4.69) is 0 Å². The monoisotopic (exact) mass is 390 g/mol. The Balaban J connectivity index is 2.49. The molecule has 0 aliphatic carbocycles. The summed E-state index contributed by atoms with van der Waals surface area (Å²) in [4.78, 5) is 10.8. The molecule has 0 amide bonds. The average molecular weight is 390 g/mol. The molecule has 0 aliphatic heterocycles.